The Balaban J connectivity index is 2.30. The average molecular weight is 248 g/mol. The maximum atomic E-state index is 5.79. The largest absolute Gasteiger partial charge is 0.497 e. The van der Waals surface area contributed by atoms with E-state index in [-0.39, 0.29) is 0 Å². The number of aromatic nitrogens is 2. The highest BCUT2D eigenvalue weighted by Crippen LogP contribution is 2.28. The number of ether oxygens (including phenoxy) is 2. The van der Waals surface area contributed by atoms with Gasteiger partial charge in [-0.25, -0.2) is 4.98 Å². The van der Waals surface area contributed by atoms with Crippen molar-refractivity contribution in [2.75, 3.05) is 25.3 Å². The SMILES string of the molecule is COc1cc(Nc2nc(C)[nH]c2N)cc(OC)c1. The topological polar surface area (TPSA) is 85.2 Å². The molecule has 96 valence electrons. The van der Waals surface area contributed by atoms with E-state index < -0.39 is 0 Å². The van der Waals surface area contributed by atoms with Crippen molar-refractivity contribution in [3.05, 3.63) is 24.0 Å². The Bertz CT molecular complexity index is 529. The lowest BCUT2D eigenvalue weighted by Gasteiger charge is -2.09. The number of rotatable bonds is 4. The van der Waals surface area contributed by atoms with Crippen LogP contribution >= 0.6 is 0 Å². The first-order valence-electron chi connectivity index (χ1n) is 5.44. The number of methoxy groups -OCH3 is 2. The predicted octanol–water partition coefficient (Wildman–Crippen LogP) is 2.06. The van der Waals surface area contributed by atoms with Crippen LogP contribution in [0.25, 0.3) is 0 Å². The molecule has 0 fully saturated rings. The predicted molar refractivity (Wildman–Crippen MR) is 70.6 cm³/mol. The Kier molecular flexibility index (Phi) is 3.27. The summed E-state index contributed by atoms with van der Waals surface area (Å²) in [5.41, 5.74) is 6.58. The molecular weight excluding hydrogens is 232 g/mol. The van der Waals surface area contributed by atoms with Gasteiger partial charge in [0.2, 0.25) is 0 Å². The molecule has 2 aromatic rings. The minimum atomic E-state index is 0.495. The fourth-order valence-electron chi connectivity index (χ4n) is 1.62. The van der Waals surface area contributed by atoms with Crippen LogP contribution in [0.3, 0.4) is 0 Å². The number of anilines is 3. The first-order valence-corrected chi connectivity index (χ1v) is 5.44. The molecule has 0 aliphatic rings. The monoisotopic (exact) mass is 248 g/mol. The summed E-state index contributed by atoms with van der Waals surface area (Å²) in [4.78, 5) is 7.17. The maximum absolute atomic E-state index is 5.79. The lowest BCUT2D eigenvalue weighted by atomic mass is 10.2. The Labute approximate surface area is 105 Å². The standard InChI is InChI=1S/C12H16N4O2/c1-7-14-11(13)12(15-7)16-8-4-9(17-2)6-10(5-8)18-3/h4-6,16H,13H2,1-3H3,(H,14,15). The number of hydrogen-bond donors (Lipinski definition) is 3. The van der Waals surface area contributed by atoms with E-state index in [0.29, 0.717) is 23.1 Å². The van der Waals surface area contributed by atoms with Gasteiger partial charge in [0.1, 0.15) is 23.1 Å². The number of aryl methyl sites for hydroxylation is 1. The molecular formula is C12H16N4O2. The zero-order valence-corrected chi connectivity index (χ0v) is 10.6. The van der Waals surface area contributed by atoms with Gasteiger partial charge < -0.3 is 25.5 Å². The van der Waals surface area contributed by atoms with Crippen molar-refractivity contribution >= 4 is 17.3 Å². The van der Waals surface area contributed by atoms with E-state index in [4.69, 9.17) is 15.2 Å². The Hall–Kier alpha value is -2.37. The maximum Gasteiger partial charge on any atom is 0.173 e. The molecule has 4 N–H and O–H groups in total. The molecule has 0 spiro atoms. The van der Waals surface area contributed by atoms with Crippen molar-refractivity contribution in [1.29, 1.82) is 0 Å². The van der Waals surface area contributed by atoms with E-state index in [1.807, 2.05) is 19.1 Å². The summed E-state index contributed by atoms with van der Waals surface area (Å²) in [5, 5.41) is 3.12. The lowest BCUT2D eigenvalue weighted by Crippen LogP contribution is -1.97. The number of nitrogens with two attached hydrogens (primary N) is 1. The van der Waals surface area contributed by atoms with Gasteiger partial charge in [0.05, 0.1) is 14.2 Å². The van der Waals surface area contributed by atoms with Gasteiger partial charge in [0, 0.05) is 23.9 Å². The van der Waals surface area contributed by atoms with Gasteiger partial charge in [0.15, 0.2) is 5.82 Å². The van der Waals surface area contributed by atoms with Gasteiger partial charge >= 0.3 is 0 Å². The molecule has 0 aliphatic heterocycles. The number of nitrogen functional groups attached to an aromatic ring is 1. The molecule has 6 heteroatoms. The first-order chi connectivity index (χ1) is 8.62. The number of H-pyrrole nitrogens is 1. The van der Waals surface area contributed by atoms with Crippen LogP contribution in [0.15, 0.2) is 18.2 Å². The summed E-state index contributed by atoms with van der Waals surface area (Å²) >= 11 is 0. The van der Waals surface area contributed by atoms with E-state index in [1.165, 1.54) is 0 Å². The van der Waals surface area contributed by atoms with Crippen molar-refractivity contribution in [2.45, 2.75) is 6.92 Å². The lowest BCUT2D eigenvalue weighted by molar-refractivity contribution is 0.395. The van der Waals surface area contributed by atoms with E-state index in [9.17, 15) is 0 Å². The summed E-state index contributed by atoms with van der Waals surface area (Å²) in [5.74, 6) is 3.23. The Morgan fingerprint density at radius 3 is 2.22 bits per heavy atom. The molecule has 1 heterocycles. The summed E-state index contributed by atoms with van der Waals surface area (Å²) in [6.45, 7) is 1.84. The smallest absolute Gasteiger partial charge is 0.173 e. The summed E-state index contributed by atoms with van der Waals surface area (Å²) in [7, 11) is 3.21. The molecule has 0 radical (unpaired) electrons. The van der Waals surface area contributed by atoms with Gasteiger partial charge in [-0.3, -0.25) is 0 Å². The summed E-state index contributed by atoms with van der Waals surface area (Å²) < 4.78 is 10.4. The van der Waals surface area contributed by atoms with Gasteiger partial charge in [0.25, 0.3) is 0 Å². The molecule has 0 amide bonds. The van der Waals surface area contributed by atoms with Crippen LogP contribution in [-0.2, 0) is 0 Å². The van der Waals surface area contributed by atoms with Crippen LogP contribution in [0.4, 0.5) is 17.3 Å². The second-order valence-corrected chi connectivity index (χ2v) is 3.81. The molecule has 0 saturated heterocycles. The van der Waals surface area contributed by atoms with Gasteiger partial charge in [-0.15, -0.1) is 0 Å². The summed E-state index contributed by atoms with van der Waals surface area (Å²) in [6, 6.07) is 5.47. The van der Waals surface area contributed by atoms with Crippen LogP contribution in [0.2, 0.25) is 0 Å². The summed E-state index contributed by atoms with van der Waals surface area (Å²) in [6.07, 6.45) is 0. The average Bonchev–Trinajstić information content (AvgIpc) is 2.67. The normalized spacial score (nSPS) is 10.2. The molecule has 0 unspecified atom stereocenters. The van der Waals surface area contributed by atoms with Crippen molar-refractivity contribution < 1.29 is 9.47 Å². The van der Waals surface area contributed by atoms with E-state index in [1.54, 1.807) is 20.3 Å². The number of imidazole rings is 1. The van der Waals surface area contributed by atoms with Crippen molar-refractivity contribution in [1.82, 2.24) is 9.97 Å². The minimum Gasteiger partial charge on any atom is -0.497 e. The molecule has 1 aromatic heterocycles. The van der Waals surface area contributed by atoms with E-state index in [0.717, 1.165) is 11.5 Å². The zero-order valence-electron chi connectivity index (χ0n) is 10.6. The third-order valence-electron chi connectivity index (χ3n) is 2.46. The third kappa shape index (κ3) is 2.48. The van der Waals surface area contributed by atoms with Crippen molar-refractivity contribution in [3.8, 4) is 11.5 Å². The highest BCUT2D eigenvalue weighted by atomic mass is 16.5. The second kappa shape index (κ2) is 4.87. The molecule has 0 aliphatic carbocycles. The molecule has 0 saturated carbocycles. The number of aromatic amines is 1. The molecule has 0 bridgehead atoms. The van der Waals surface area contributed by atoms with E-state index >= 15 is 0 Å². The minimum absolute atomic E-state index is 0.495. The third-order valence-corrected chi connectivity index (χ3v) is 2.46. The molecule has 1 aromatic carbocycles. The van der Waals surface area contributed by atoms with Crippen molar-refractivity contribution in [3.63, 3.8) is 0 Å². The molecule has 6 nitrogen and oxygen atoms in total. The highest BCUT2D eigenvalue weighted by Gasteiger charge is 2.07. The van der Waals surface area contributed by atoms with Crippen LogP contribution in [0.1, 0.15) is 5.82 Å². The number of hydrogen-bond acceptors (Lipinski definition) is 5. The molecule has 2 rings (SSSR count). The van der Waals surface area contributed by atoms with Crippen LogP contribution in [0.5, 0.6) is 11.5 Å². The Morgan fingerprint density at radius 1 is 1.17 bits per heavy atom. The number of benzene rings is 1. The Morgan fingerprint density at radius 2 is 1.78 bits per heavy atom. The fraction of sp³-hybridized carbons (Fsp3) is 0.250. The quantitative estimate of drug-likeness (QED) is 0.771. The molecule has 0 atom stereocenters. The van der Waals surface area contributed by atoms with Gasteiger partial charge in [-0.2, -0.15) is 0 Å². The highest BCUT2D eigenvalue weighted by molar-refractivity contribution is 5.68. The van der Waals surface area contributed by atoms with Crippen LogP contribution in [-0.4, -0.2) is 24.2 Å². The number of nitrogens with one attached hydrogen (secondary N) is 2. The number of nitrogens with zero attached hydrogens (tertiary/aromatic N) is 1. The van der Waals surface area contributed by atoms with Crippen molar-refractivity contribution in [2.24, 2.45) is 0 Å². The second-order valence-electron chi connectivity index (χ2n) is 3.81. The van der Waals surface area contributed by atoms with Gasteiger partial charge in [-0.05, 0) is 6.92 Å². The molecule has 18 heavy (non-hydrogen) atoms. The van der Waals surface area contributed by atoms with Crippen LogP contribution < -0.4 is 20.5 Å². The first kappa shape index (κ1) is 12.1. The zero-order chi connectivity index (χ0) is 13.1. The fourth-order valence-corrected chi connectivity index (χ4v) is 1.62. The van der Waals surface area contributed by atoms with Crippen LogP contribution in [0, 0.1) is 6.92 Å². The van der Waals surface area contributed by atoms with E-state index in [2.05, 4.69) is 15.3 Å². The van der Waals surface area contributed by atoms with Gasteiger partial charge in [-0.1, -0.05) is 0 Å².